The number of halogens is 3. The molecule has 0 unspecified atom stereocenters. The number of aromatic nitrogens is 3. The van der Waals surface area contributed by atoms with E-state index in [0.717, 1.165) is 17.4 Å². The summed E-state index contributed by atoms with van der Waals surface area (Å²) in [6, 6.07) is 6.10. The molecular weight excluding hydrogens is 374 g/mol. The van der Waals surface area contributed by atoms with Gasteiger partial charge in [-0.05, 0) is 36.8 Å². The minimum absolute atomic E-state index is 0.120. The van der Waals surface area contributed by atoms with Crippen LogP contribution in [-0.2, 0) is 12.8 Å². The Hall–Kier alpha value is -2.80. The van der Waals surface area contributed by atoms with Gasteiger partial charge < -0.3 is 5.32 Å². The van der Waals surface area contributed by atoms with Crippen LogP contribution < -0.4 is 5.32 Å². The molecule has 0 atom stereocenters. The quantitative estimate of drug-likeness (QED) is 0.700. The van der Waals surface area contributed by atoms with Crippen LogP contribution in [0.1, 0.15) is 33.0 Å². The lowest BCUT2D eigenvalue weighted by Crippen LogP contribution is -2.32. The molecule has 5 nitrogen and oxygen atoms in total. The minimum atomic E-state index is -1.06. The fourth-order valence-corrected chi connectivity index (χ4v) is 3.54. The Morgan fingerprint density at radius 3 is 2.89 bits per heavy atom. The topological polar surface area (TPSA) is 59.8 Å². The number of hydrogen-bond acceptors (Lipinski definition) is 3. The molecule has 138 valence electrons. The first kappa shape index (κ1) is 17.6. The van der Waals surface area contributed by atoms with Gasteiger partial charge in [-0.2, -0.15) is 5.10 Å². The molecule has 1 amide bonds. The number of pyridine rings is 1. The lowest BCUT2D eigenvalue weighted by molar-refractivity contribution is 0.0945. The summed E-state index contributed by atoms with van der Waals surface area (Å²) in [6.45, 7) is 2.36. The van der Waals surface area contributed by atoms with Crippen molar-refractivity contribution >= 4 is 17.5 Å². The van der Waals surface area contributed by atoms with E-state index in [9.17, 15) is 13.6 Å². The van der Waals surface area contributed by atoms with Crippen molar-refractivity contribution in [2.24, 2.45) is 0 Å². The van der Waals surface area contributed by atoms with Crippen molar-refractivity contribution in [1.82, 2.24) is 20.1 Å². The number of amides is 1. The Balaban J connectivity index is 1.70. The number of hydrogen-bond donors (Lipinski definition) is 1. The molecule has 0 saturated heterocycles. The van der Waals surface area contributed by atoms with Gasteiger partial charge in [0.25, 0.3) is 5.91 Å². The van der Waals surface area contributed by atoms with Crippen LogP contribution >= 0.6 is 11.6 Å². The zero-order valence-corrected chi connectivity index (χ0v) is 15.1. The number of carbonyl (C=O) groups excluding carboxylic acids is 1. The predicted octanol–water partition coefficient (Wildman–Crippen LogP) is 3.38. The van der Waals surface area contributed by atoms with Crippen LogP contribution in [0.5, 0.6) is 0 Å². The molecule has 27 heavy (non-hydrogen) atoms. The maximum Gasteiger partial charge on any atom is 0.255 e. The Kier molecular flexibility index (Phi) is 4.39. The average molecular weight is 389 g/mol. The van der Waals surface area contributed by atoms with Crippen molar-refractivity contribution in [2.75, 3.05) is 6.54 Å². The van der Waals surface area contributed by atoms with E-state index in [1.165, 1.54) is 6.07 Å². The van der Waals surface area contributed by atoms with Gasteiger partial charge in [-0.15, -0.1) is 0 Å². The number of rotatable bonds is 3. The molecule has 0 radical (unpaired) electrons. The van der Waals surface area contributed by atoms with Crippen molar-refractivity contribution < 1.29 is 13.6 Å². The monoisotopic (exact) mass is 388 g/mol. The standard InChI is InChI=1S/C19H15ClF2N4O/c1-10-17-16(3-5-24-19(17)27)26(25-10)13-2-4-23-12(9-13)6-11-7-14(20)18(22)15(21)8-11/h2,4,7-9H,3,5-6H2,1H3,(H,24,27). The van der Waals surface area contributed by atoms with Gasteiger partial charge in [-0.25, -0.2) is 13.5 Å². The highest BCUT2D eigenvalue weighted by Gasteiger charge is 2.25. The molecule has 0 spiro atoms. The van der Waals surface area contributed by atoms with Crippen molar-refractivity contribution in [3.05, 3.63) is 75.3 Å². The molecule has 0 bridgehead atoms. The third kappa shape index (κ3) is 3.19. The summed E-state index contributed by atoms with van der Waals surface area (Å²) in [5.41, 5.74) is 4.04. The van der Waals surface area contributed by atoms with Crippen LogP contribution in [0.15, 0.2) is 30.5 Å². The second kappa shape index (κ2) is 6.74. The number of carbonyl (C=O) groups is 1. The summed E-state index contributed by atoms with van der Waals surface area (Å²) < 4.78 is 28.7. The summed E-state index contributed by atoms with van der Waals surface area (Å²) in [5.74, 6) is -2.17. The molecule has 3 heterocycles. The molecule has 2 aromatic heterocycles. The van der Waals surface area contributed by atoms with Crippen LogP contribution in [-0.4, -0.2) is 27.2 Å². The zero-order chi connectivity index (χ0) is 19.1. The highest BCUT2D eigenvalue weighted by molar-refractivity contribution is 6.30. The van der Waals surface area contributed by atoms with E-state index in [0.29, 0.717) is 35.5 Å². The Labute approximate surface area is 159 Å². The molecule has 8 heteroatoms. The zero-order valence-electron chi connectivity index (χ0n) is 14.4. The summed E-state index contributed by atoms with van der Waals surface area (Å²) in [6.07, 6.45) is 2.59. The van der Waals surface area contributed by atoms with Crippen LogP contribution in [0.3, 0.4) is 0 Å². The third-order valence-electron chi connectivity index (χ3n) is 4.50. The van der Waals surface area contributed by atoms with E-state index in [4.69, 9.17) is 11.6 Å². The van der Waals surface area contributed by atoms with Crippen LogP contribution in [0.25, 0.3) is 5.69 Å². The van der Waals surface area contributed by atoms with Crippen LogP contribution in [0, 0.1) is 18.6 Å². The summed E-state index contributed by atoms with van der Waals surface area (Å²) in [5, 5.41) is 7.06. The number of nitrogens with zero attached hydrogens (tertiary/aromatic N) is 3. The number of benzene rings is 1. The fourth-order valence-electron chi connectivity index (χ4n) is 3.31. The Bertz CT molecular complexity index is 1040. The normalized spacial score (nSPS) is 13.4. The number of aryl methyl sites for hydroxylation is 1. The summed E-state index contributed by atoms with van der Waals surface area (Å²) in [7, 11) is 0. The average Bonchev–Trinajstić information content (AvgIpc) is 2.98. The second-order valence-electron chi connectivity index (χ2n) is 6.38. The van der Waals surface area contributed by atoms with E-state index in [-0.39, 0.29) is 17.4 Å². The fraction of sp³-hybridized carbons (Fsp3) is 0.211. The smallest absolute Gasteiger partial charge is 0.255 e. The Morgan fingerprint density at radius 2 is 2.11 bits per heavy atom. The molecule has 3 aromatic rings. The van der Waals surface area contributed by atoms with Crippen molar-refractivity contribution in [3.63, 3.8) is 0 Å². The first-order valence-electron chi connectivity index (χ1n) is 8.39. The molecule has 0 fully saturated rings. The van der Waals surface area contributed by atoms with Crippen molar-refractivity contribution in [3.8, 4) is 5.69 Å². The van der Waals surface area contributed by atoms with E-state index >= 15 is 0 Å². The molecule has 0 saturated carbocycles. The second-order valence-corrected chi connectivity index (χ2v) is 6.79. The SMILES string of the molecule is Cc1nn(-c2ccnc(Cc3cc(F)c(F)c(Cl)c3)c2)c2c1C(=O)NCC2. The van der Waals surface area contributed by atoms with Crippen molar-refractivity contribution in [2.45, 2.75) is 19.8 Å². The van der Waals surface area contributed by atoms with Gasteiger partial charge >= 0.3 is 0 Å². The summed E-state index contributed by atoms with van der Waals surface area (Å²) >= 11 is 5.72. The van der Waals surface area contributed by atoms with E-state index < -0.39 is 11.6 Å². The lowest BCUT2D eigenvalue weighted by atomic mass is 10.1. The van der Waals surface area contributed by atoms with Crippen LogP contribution in [0.2, 0.25) is 5.02 Å². The summed E-state index contributed by atoms with van der Waals surface area (Å²) in [4.78, 5) is 16.4. The van der Waals surface area contributed by atoms with E-state index in [1.807, 2.05) is 6.07 Å². The third-order valence-corrected chi connectivity index (χ3v) is 4.78. The number of fused-ring (bicyclic) bond motifs is 1. The number of nitrogens with one attached hydrogen (secondary N) is 1. The van der Waals surface area contributed by atoms with E-state index in [1.54, 1.807) is 23.9 Å². The van der Waals surface area contributed by atoms with Gasteiger partial charge in [0.2, 0.25) is 0 Å². The molecule has 1 aliphatic heterocycles. The minimum Gasteiger partial charge on any atom is -0.352 e. The van der Waals surface area contributed by atoms with E-state index in [2.05, 4.69) is 15.4 Å². The highest BCUT2D eigenvalue weighted by Crippen LogP contribution is 2.24. The molecular formula is C19H15ClF2N4O. The Morgan fingerprint density at radius 1 is 1.30 bits per heavy atom. The maximum absolute atomic E-state index is 13.6. The molecule has 1 aromatic carbocycles. The van der Waals surface area contributed by atoms with Gasteiger partial charge in [-0.3, -0.25) is 9.78 Å². The predicted molar refractivity (Wildman–Crippen MR) is 96.3 cm³/mol. The maximum atomic E-state index is 13.6. The first-order chi connectivity index (χ1) is 12.9. The highest BCUT2D eigenvalue weighted by atomic mass is 35.5. The van der Waals surface area contributed by atoms with Crippen molar-refractivity contribution in [1.29, 1.82) is 0 Å². The molecule has 1 N–H and O–H groups in total. The van der Waals surface area contributed by atoms with Gasteiger partial charge in [0.1, 0.15) is 0 Å². The molecule has 1 aliphatic rings. The largest absolute Gasteiger partial charge is 0.352 e. The molecule has 4 rings (SSSR count). The van der Waals surface area contributed by atoms with Gasteiger partial charge in [0.15, 0.2) is 11.6 Å². The van der Waals surface area contributed by atoms with Gasteiger partial charge in [0, 0.05) is 31.3 Å². The van der Waals surface area contributed by atoms with Crippen LogP contribution in [0.4, 0.5) is 8.78 Å². The molecule has 0 aliphatic carbocycles. The lowest BCUT2D eigenvalue weighted by Gasteiger charge is -2.15. The first-order valence-corrected chi connectivity index (χ1v) is 8.77. The van der Waals surface area contributed by atoms with Gasteiger partial charge in [-0.1, -0.05) is 11.6 Å². The van der Waals surface area contributed by atoms with Gasteiger partial charge in [0.05, 0.1) is 27.7 Å².